The molecule has 0 aliphatic carbocycles. The smallest absolute Gasteiger partial charge is 0.0593 e. The van der Waals surface area contributed by atoms with Crippen molar-refractivity contribution in [1.82, 2.24) is 10.2 Å². The molecule has 1 fully saturated rings. The van der Waals surface area contributed by atoms with Crippen molar-refractivity contribution in [3.8, 4) is 0 Å². The minimum atomic E-state index is 0.598. The maximum absolute atomic E-state index is 5.62. The lowest BCUT2D eigenvalue weighted by Crippen LogP contribution is -2.53. The Morgan fingerprint density at radius 1 is 1.26 bits per heavy atom. The molecule has 19 heavy (non-hydrogen) atoms. The summed E-state index contributed by atoms with van der Waals surface area (Å²) in [6.07, 6.45) is 2.23. The molecule has 0 bridgehead atoms. The highest BCUT2D eigenvalue weighted by atomic mass is 16.5. The Morgan fingerprint density at radius 2 is 2.11 bits per heavy atom. The summed E-state index contributed by atoms with van der Waals surface area (Å²) in [6.45, 7) is 8.27. The van der Waals surface area contributed by atoms with Crippen LogP contribution in [0, 0.1) is 0 Å². The lowest BCUT2D eigenvalue weighted by Gasteiger charge is -2.36. The van der Waals surface area contributed by atoms with E-state index in [-0.39, 0.29) is 0 Å². The van der Waals surface area contributed by atoms with Crippen molar-refractivity contribution >= 4 is 0 Å². The molecular formula is C16H26N2O. The van der Waals surface area contributed by atoms with Gasteiger partial charge in [0.25, 0.3) is 0 Å². The second-order valence-electron chi connectivity index (χ2n) is 5.20. The predicted octanol–water partition coefficient (Wildman–Crippen LogP) is 1.93. The summed E-state index contributed by atoms with van der Waals surface area (Å²) in [4.78, 5) is 2.57. The van der Waals surface area contributed by atoms with E-state index < -0.39 is 0 Å². The van der Waals surface area contributed by atoms with Crippen LogP contribution >= 0.6 is 0 Å². The summed E-state index contributed by atoms with van der Waals surface area (Å²) in [7, 11) is 0. The van der Waals surface area contributed by atoms with Crippen LogP contribution < -0.4 is 5.32 Å². The second-order valence-corrected chi connectivity index (χ2v) is 5.20. The van der Waals surface area contributed by atoms with E-state index in [1.165, 1.54) is 5.56 Å². The molecular weight excluding hydrogens is 236 g/mol. The standard InChI is InChI=1S/C16H26N2O/c1-2-11-19-12-10-18-9-8-17-14-16(18)13-15-6-4-3-5-7-15/h3-7,16-17H,2,8-14H2,1H3. The molecule has 3 nitrogen and oxygen atoms in total. The summed E-state index contributed by atoms with van der Waals surface area (Å²) in [5.74, 6) is 0. The Bertz CT molecular complexity index is 342. The van der Waals surface area contributed by atoms with Crippen molar-refractivity contribution in [1.29, 1.82) is 0 Å². The number of nitrogens with zero attached hydrogens (tertiary/aromatic N) is 1. The van der Waals surface area contributed by atoms with Gasteiger partial charge in [0.1, 0.15) is 0 Å². The third-order valence-corrected chi connectivity index (χ3v) is 3.66. The van der Waals surface area contributed by atoms with E-state index in [0.717, 1.165) is 52.2 Å². The minimum Gasteiger partial charge on any atom is -0.380 e. The fourth-order valence-corrected chi connectivity index (χ4v) is 2.61. The molecule has 106 valence electrons. The van der Waals surface area contributed by atoms with Crippen LogP contribution in [0.4, 0.5) is 0 Å². The molecule has 1 N–H and O–H groups in total. The van der Waals surface area contributed by atoms with E-state index >= 15 is 0 Å². The zero-order valence-electron chi connectivity index (χ0n) is 12.0. The van der Waals surface area contributed by atoms with Crippen molar-refractivity contribution in [3.63, 3.8) is 0 Å². The number of nitrogens with one attached hydrogen (secondary N) is 1. The average molecular weight is 262 g/mol. The lowest BCUT2D eigenvalue weighted by molar-refractivity contribution is 0.0770. The summed E-state index contributed by atoms with van der Waals surface area (Å²) in [5, 5.41) is 3.50. The van der Waals surface area contributed by atoms with E-state index in [2.05, 4.69) is 47.5 Å². The third-order valence-electron chi connectivity index (χ3n) is 3.66. The summed E-state index contributed by atoms with van der Waals surface area (Å²) >= 11 is 0. The van der Waals surface area contributed by atoms with Gasteiger partial charge in [0, 0.05) is 38.8 Å². The molecule has 1 aliphatic heterocycles. The van der Waals surface area contributed by atoms with Crippen molar-refractivity contribution in [2.24, 2.45) is 0 Å². The van der Waals surface area contributed by atoms with Crippen LogP contribution in [0.3, 0.4) is 0 Å². The van der Waals surface area contributed by atoms with Gasteiger partial charge in [-0.2, -0.15) is 0 Å². The molecule has 3 heteroatoms. The zero-order chi connectivity index (χ0) is 13.3. The van der Waals surface area contributed by atoms with E-state index in [1.807, 2.05) is 0 Å². The molecule has 0 spiro atoms. The van der Waals surface area contributed by atoms with Gasteiger partial charge >= 0.3 is 0 Å². The van der Waals surface area contributed by atoms with Crippen molar-refractivity contribution in [3.05, 3.63) is 35.9 Å². The Hall–Kier alpha value is -0.900. The molecule has 1 aromatic rings. The molecule has 1 atom stereocenters. The molecule has 1 aliphatic rings. The zero-order valence-corrected chi connectivity index (χ0v) is 12.0. The van der Waals surface area contributed by atoms with Gasteiger partial charge in [-0.15, -0.1) is 0 Å². The fourth-order valence-electron chi connectivity index (χ4n) is 2.61. The number of ether oxygens (including phenoxy) is 1. The van der Waals surface area contributed by atoms with Crippen LogP contribution in [-0.2, 0) is 11.2 Å². The number of benzene rings is 1. The van der Waals surface area contributed by atoms with E-state index in [1.54, 1.807) is 0 Å². The third kappa shape index (κ3) is 4.94. The van der Waals surface area contributed by atoms with Crippen LogP contribution in [0.25, 0.3) is 0 Å². The number of hydrogen-bond donors (Lipinski definition) is 1. The SMILES string of the molecule is CCCOCCN1CCNCC1Cc1ccccc1. The van der Waals surface area contributed by atoms with Crippen LogP contribution in [0.2, 0.25) is 0 Å². The van der Waals surface area contributed by atoms with Crippen LogP contribution in [0.15, 0.2) is 30.3 Å². The summed E-state index contributed by atoms with van der Waals surface area (Å²) in [5.41, 5.74) is 1.43. The van der Waals surface area contributed by atoms with Gasteiger partial charge in [-0.1, -0.05) is 37.3 Å². The molecule has 1 saturated heterocycles. The van der Waals surface area contributed by atoms with Crippen molar-refractivity contribution in [2.75, 3.05) is 39.4 Å². The molecule has 2 rings (SSSR count). The molecule has 1 aromatic carbocycles. The van der Waals surface area contributed by atoms with Gasteiger partial charge in [0.2, 0.25) is 0 Å². The Balaban J connectivity index is 1.82. The predicted molar refractivity (Wildman–Crippen MR) is 79.5 cm³/mol. The molecule has 1 heterocycles. The molecule has 1 unspecified atom stereocenters. The highest BCUT2D eigenvalue weighted by molar-refractivity contribution is 5.16. The highest BCUT2D eigenvalue weighted by Gasteiger charge is 2.21. The van der Waals surface area contributed by atoms with Gasteiger partial charge < -0.3 is 10.1 Å². The van der Waals surface area contributed by atoms with Gasteiger partial charge in [-0.25, -0.2) is 0 Å². The monoisotopic (exact) mass is 262 g/mol. The largest absolute Gasteiger partial charge is 0.380 e. The van der Waals surface area contributed by atoms with Crippen molar-refractivity contribution in [2.45, 2.75) is 25.8 Å². The Kier molecular flexibility index (Phi) is 6.34. The maximum Gasteiger partial charge on any atom is 0.0593 e. The van der Waals surface area contributed by atoms with Gasteiger partial charge in [-0.3, -0.25) is 4.90 Å². The average Bonchev–Trinajstić information content (AvgIpc) is 2.46. The Morgan fingerprint density at radius 3 is 2.89 bits per heavy atom. The molecule has 0 aromatic heterocycles. The lowest BCUT2D eigenvalue weighted by atomic mass is 10.0. The summed E-state index contributed by atoms with van der Waals surface area (Å²) in [6, 6.07) is 11.4. The summed E-state index contributed by atoms with van der Waals surface area (Å²) < 4.78 is 5.62. The number of piperazine rings is 1. The second kappa shape index (κ2) is 8.31. The normalized spacial score (nSPS) is 20.6. The number of hydrogen-bond acceptors (Lipinski definition) is 3. The Labute approximate surface area is 116 Å². The molecule has 0 amide bonds. The first-order valence-corrected chi connectivity index (χ1v) is 7.46. The first-order valence-electron chi connectivity index (χ1n) is 7.46. The topological polar surface area (TPSA) is 24.5 Å². The maximum atomic E-state index is 5.62. The first-order chi connectivity index (χ1) is 9.40. The van der Waals surface area contributed by atoms with E-state index in [9.17, 15) is 0 Å². The minimum absolute atomic E-state index is 0.598. The quantitative estimate of drug-likeness (QED) is 0.760. The fraction of sp³-hybridized carbons (Fsp3) is 0.625. The number of rotatable bonds is 7. The van der Waals surface area contributed by atoms with Crippen LogP contribution in [0.1, 0.15) is 18.9 Å². The molecule has 0 radical (unpaired) electrons. The van der Waals surface area contributed by atoms with Crippen molar-refractivity contribution < 1.29 is 4.74 Å². The van der Waals surface area contributed by atoms with E-state index in [0.29, 0.717) is 6.04 Å². The molecule has 0 saturated carbocycles. The first kappa shape index (κ1) is 14.5. The van der Waals surface area contributed by atoms with Crippen LogP contribution in [-0.4, -0.2) is 50.3 Å². The van der Waals surface area contributed by atoms with Gasteiger partial charge in [0.15, 0.2) is 0 Å². The van der Waals surface area contributed by atoms with Gasteiger partial charge in [-0.05, 0) is 18.4 Å². The van der Waals surface area contributed by atoms with E-state index in [4.69, 9.17) is 4.74 Å². The van der Waals surface area contributed by atoms with Gasteiger partial charge in [0.05, 0.1) is 6.61 Å². The highest BCUT2D eigenvalue weighted by Crippen LogP contribution is 2.10. The van der Waals surface area contributed by atoms with Crippen LogP contribution in [0.5, 0.6) is 0 Å².